The van der Waals surface area contributed by atoms with Crippen LogP contribution in [-0.4, -0.2) is 9.55 Å². The molecular formula is C23H14N2. The Bertz CT molecular complexity index is 1290. The van der Waals surface area contributed by atoms with Crippen LogP contribution in [0.3, 0.4) is 0 Å². The number of hydrogen-bond donors (Lipinski definition) is 0. The minimum atomic E-state index is 1.05. The van der Waals surface area contributed by atoms with Gasteiger partial charge in [0, 0.05) is 33.7 Å². The van der Waals surface area contributed by atoms with Gasteiger partial charge >= 0.3 is 0 Å². The molecule has 0 spiro atoms. The second kappa shape index (κ2) is 4.58. The lowest BCUT2D eigenvalue weighted by atomic mass is 9.98. The van der Waals surface area contributed by atoms with Gasteiger partial charge in [0.25, 0.3) is 0 Å². The predicted octanol–water partition coefficient (Wildman–Crippen LogP) is 5.83. The molecule has 3 heterocycles. The maximum atomic E-state index is 4.74. The van der Waals surface area contributed by atoms with Crippen LogP contribution in [0.2, 0.25) is 0 Å². The summed E-state index contributed by atoms with van der Waals surface area (Å²) in [6.07, 6.45) is 1.88. The number of rotatable bonds is 0. The van der Waals surface area contributed by atoms with Crippen LogP contribution in [0.25, 0.3) is 49.9 Å². The van der Waals surface area contributed by atoms with E-state index < -0.39 is 0 Å². The quantitative estimate of drug-likeness (QED) is 0.345. The third kappa shape index (κ3) is 1.56. The van der Waals surface area contributed by atoms with Gasteiger partial charge in [0.15, 0.2) is 0 Å². The topological polar surface area (TPSA) is 17.8 Å². The number of hydrogen-bond acceptors (Lipinski definition) is 1. The molecule has 5 aromatic rings. The molecule has 0 bridgehead atoms. The molecular weight excluding hydrogens is 304 g/mol. The maximum Gasteiger partial charge on any atom is 0.0802 e. The highest BCUT2D eigenvalue weighted by Crippen LogP contribution is 2.45. The molecule has 0 fully saturated rings. The second-order valence-electron chi connectivity index (χ2n) is 6.47. The van der Waals surface area contributed by atoms with E-state index in [0.717, 1.165) is 5.69 Å². The maximum absolute atomic E-state index is 4.74. The van der Waals surface area contributed by atoms with Crippen LogP contribution in [0.4, 0.5) is 0 Å². The predicted molar refractivity (Wildman–Crippen MR) is 103 cm³/mol. The Morgan fingerprint density at radius 2 is 1.36 bits per heavy atom. The third-order valence-electron chi connectivity index (χ3n) is 5.19. The number of pyridine rings is 1. The largest absolute Gasteiger partial charge is 0.308 e. The first-order valence-electron chi connectivity index (χ1n) is 8.51. The average molecular weight is 318 g/mol. The van der Waals surface area contributed by atoms with Crippen molar-refractivity contribution in [1.82, 2.24) is 9.55 Å². The van der Waals surface area contributed by atoms with E-state index >= 15 is 0 Å². The van der Waals surface area contributed by atoms with E-state index in [2.05, 4.69) is 77.4 Å². The van der Waals surface area contributed by atoms with E-state index in [1.165, 1.54) is 44.2 Å². The summed E-state index contributed by atoms with van der Waals surface area (Å²) in [7, 11) is 0. The summed E-state index contributed by atoms with van der Waals surface area (Å²) in [6.45, 7) is 0. The van der Waals surface area contributed by atoms with Crippen LogP contribution in [0.15, 0.2) is 85.1 Å². The molecule has 0 atom stereocenters. The minimum Gasteiger partial charge on any atom is -0.308 e. The highest BCUT2D eigenvalue weighted by Gasteiger charge is 2.24. The van der Waals surface area contributed by atoms with Crippen LogP contribution in [0, 0.1) is 0 Å². The fraction of sp³-hybridized carbons (Fsp3) is 0. The van der Waals surface area contributed by atoms with Crippen molar-refractivity contribution in [3.63, 3.8) is 0 Å². The summed E-state index contributed by atoms with van der Waals surface area (Å²) in [6, 6.07) is 28.0. The average Bonchev–Trinajstić information content (AvgIpc) is 2.96. The van der Waals surface area contributed by atoms with E-state index in [9.17, 15) is 0 Å². The summed E-state index contributed by atoms with van der Waals surface area (Å²) in [5, 5.41) is 2.58. The molecule has 0 N–H and O–H groups in total. The number of fused-ring (bicyclic) bond motifs is 8. The van der Waals surface area contributed by atoms with Gasteiger partial charge in [0.1, 0.15) is 0 Å². The summed E-state index contributed by atoms with van der Waals surface area (Å²) >= 11 is 0. The first kappa shape index (κ1) is 13.0. The van der Waals surface area contributed by atoms with Gasteiger partial charge in [-0.2, -0.15) is 0 Å². The molecule has 2 nitrogen and oxygen atoms in total. The van der Waals surface area contributed by atoms with Crippen LogP contribution in [0.5, 0.6) is 0 Å². The van der Waals surface area contributed by atoms with Gasteiger partial charge in [-0.3, -0.25) is 4.98 Å². The number of nitrogens with zero attached hydrogens (tertiary/aromatic N) is 2. The molecule has 6 rings (SSSR count). The first-order chi connectivity index (χ1) is 12.4. The molecule has 25 heavy (non-hydrogen) atoms. The molecule has 0 saturated heterocycles. The van der Waals surface area contributed by atoms with Crippen molar-refractivity contribution in [1.29, 1.82) is 0 Å². The number of para-hydroxylation sites is 3. The molecule has 0 aliphatic carbocycles. The van der Waals surface area contributed by atoms with Crippen LogP contribution < -0.4 is 0 Å². The van der Waals surface area contributed by atoms with Crippen molar-refractivity contribution < 1.29 is 0 Å². The lowest BCUT2D eigenvalue weighted by Crippen LogP contribution is -1.95. The van der Waals surface area contributed by atoms with Crippen molar-refractivity contribution in [2.75, 3.05) is 0 Å². The molecule has 0 unspecified atom stereocenters. The second-order valence-corrected chi connectivity index (χ2v) is 6.47. The molecule has 1 aliphatic heterocycles. The van der Waals surface area contributed by atoms with E-state index in [1.807, 2.05) is 12.3 Å². The van der Waals surface area contributed by atoms with Crippen molar-refractivity contribution in [2.45, 2.75) is 0 Å². The molecule has 1 aliphatic rings. The zero-order chi connectivity index (χ0) is 16.4. The van der Waals surface area contributed by atoms with Gasteiger partial charge in [0.05, 0.1) is 22.4 Å². The van der Waals surface area contributed by atoms with Crippen molar-refractivity contribution in [2.24, 2.45) is 0 Å². The smallest absolute Gasteiger partial charge is 0.0802 e. The number of aromatic nitrogens is 2. The van der Waals surface area contributed by atoms with Gasteiger partial charge in [-0.25, -0.2) is 0 Å². The van der Waals surface area contributed by atoms with Gasteiger partial charge in [-0.05, 0) is 18.2 Å². The van der Waals surface area contributed by atoms with E-state index in [4.69, 9.17) is 4.98 Å². The Labute approximate surface area is 145 Å². The molecule has 0 amide bonds. The highest BCUT2D eigenvalue weighted by atomic mass is 15.0. The highest BCUT2D eigenvalue weighted by molar-refractivity contribution is 6.16. The normalized spacial score (nSPS) is 12.0. The Morgan fingerprint density at radius 1 is 0.600 bits per heavy atom. The Hall–Kier alpha value is -3.39. The van der Waals surface area contributed by atoms with Gasteiger partial charge in [-0.1, -0.05) is 60.7 Å². The monoisotopic (exact) mass is 318 g/mol. The molecule has 116 valence electrons. The van der Waals surface area contributed by atoms with Crippen molar-refractivity contribution in [3.05, 3.63) is 85.1 Å². The molecule has 3 aromatic carbocycles. The summed E-state index contributed by atoms with van der Waals surface area (Å²) in [5.41, 5.74) is 8.37. The molecule has 0 saturated carbocycles. The molecule has 0 radical (unpaired) electrons. The zero-order valence-corrected chi connectivity index (χ0v) is 13.5. The standard InChI is InChI=1S/C23H14N2/c1-3-12-20-15(7-1)17-9-5-10-18-16-11-6-14-24-22(16)19-8-2-4-13-21(19)25(20)23(17)18/h1-14H. The summed E-state index contributed by atoms with van der Waals surface area (Å²) < 4.78 is 2.40. The SMILES string of the molecule is c1ccc2c(c1)-c1ncccc1-c1cccc3c4ccccc4n-2c13. The van der Waals surface area contributed by atoms with Crippen LogP contribution in [-0.2, 0) is 0 Å². The van der Waals surface area contributed by atoms with Crippen molar-refractivity contribution in [3.8, 4) is 28.1 Å². The lowest BCUT2D eigenvalue weighted by molar-refractivity contribution is 1.18. The first-order valence-corrected chi connectivity index (χ1v) is 8.51. The summed E-state index contributed by atoms with van der Waals surface area (Å²) in [4.78, 5) is 4.74. The van der Waals surface area contributed by atoms with Gasteiger partial charge in [0.2, 0.25) is 0 Å². The zero-order valence-electron chi connectivity index (χ0n) is 13.5. The Morgan fingerprint density at radius 3 is 2.36 bits per heavy atom. The van der Waals surface area contributed by atoms with Gasteiger partial charge < -0.3 is 4.57 Å². The minimum absolute atomic E-state index is 1.05. The van der Waals surface area contributed by atoms with E-state index in [-0.39, 0.29) is 0 Å². The Kier molecular flexibility index (Phi) is 2.37. The Balaban J connectivity index is 1.99. The fourth-order valence-electron chi connectivity index (χ4n) is 4.19. The van der Waals surface area contributed by atoms with E-state index in [1.54, 1.807) is 0 Å². The van der Waals surface area contributed by atoms with Crippen molar-refractivity contribution >= 4 is 21.8 Å². The van der Waals surface area contributed by atoms with E-state index in [0.29, 0.717) is 0 Å². The number of benzene rings is 3. The summed E-state index contributed by atoms with van der Waals surface area (Å²) in [5.74, 6) is 0. The molecule has 2 aromatic heterocycles. The van der Waals surface area contributed by atoms with Gasteiger partial charge in [-0.15, -0.1) is 0 Å². The van der Waals surface area contributed by atoms with Crippen LogP contribution in [0.1, 0.15) is 0 Å². The molecule has 2 heteroatoms. The fourth-order valence-corrected chi connectivity index (χ4v) is 4.19. The third-order valence-corrected chi connectivity index (χ3v) is 5.19. The van der Waals surface area contributed by atoms with Crippen LogP contribution >= 0.6 is 0 Å². The lowest BCUT2D eigenvalue weighted by Gasteiger charge is -2.11.